The number of hydrogen-bond acceptors (Lipinski definition) is 4. The lowest BCUT2D eigenvalue weighted by atomic mass is 10.1. The molecule has 0 bridgehead atoms. The van der Waals surface area contributed by atoms with Crippen LogP contribution in [0.3, 0.4) is 0 Å². The van der Waals surface area contributed by atoms with Gasteiger partial charge in [0, 0.05) is 6.54 Å². The molecule has 0 saturated heterocycles. The zero-order chi connectivity index (χ0) is 14.3. The molecule has 0 fully saturated rings. The fourth-order valence-electron chi connectivity index (χ4n) is 2.09. The molecular weight excluding hydrogens is 240 g/mol. The van der Waals surface area contributed by atoms with Crippen LogP contribution in [-0.2, 0) is 6.42 Å². The van der Waals surface area contributed by atoms with Gasteiger partial charge in [0.1, 0.15) is 11.5 Å². The van der Waals surface area contributed by atoms with E-state index in [0.29, 0.717) is 0 Å². The van der Waals surface area contributed by atoms with Gasteiger partial charge in [0.25, 0.3) is 0 Å². The van der Waals surface area contributed by atoms with E-state index in [9.17, 15) is 0 Å². The third kappa shape index (κ3) is 4.73. The van der Waals surface area contributed by atoms with Crippen molar-refractivity contribution in [2.45, 2.75) is 19.8 Å². The van der Waals surface area contributed by atoms with E-state index in [1.807, 2.05) is 13.0 Å². The molecule has 0 aliphatic heterocycles. The molecule has 108 valence electrons. The summed E-state index contributed by atoms with van der Waals surface area (Å²) in [4.78, 5) is 2.29. The Morgan fingerprint density at radius 1 is 1.11 bits per heavy atom. The Morgan fingerprint density at radius 3 is 2.37 bits per heavy atom. The summed E-state index contributed by atoms with van der Waals surface area (Å²) in [7, 11) is 5.53. The van der Waals surface area contributed by atoms with Gasteiger partial charge in [-0.05, 0) is 63.2 Å². The van der Waals surface area contributed by atoms with Crippen molar-refractivity contribution >= 4 is 0 Å². The summed E-state index contributed by atoms with van der Waals surface area (Å²) in [6.07, 6.45) is 1.98. The fraction of sp³-hybridized carbons (Fsp3) is 0.600. The molecule has 1 aromatic carbocycles. The minimum Gasteiger partial charge on any atom is -0.496 e. The number of hydrogen-bond donors (Lipinski definition) is 1. The minimum atomic E-state index is 0.742. The van der Waals surface area contributed by atoms with E-state index in [1.54, 1.807) is 14.2 Å². The summed E-state index contributed by atoms with van der Waals surface area (Å²) >= 11 is 0. The van der Waals surface area contributed by atoms with E-state index < -0.39 is 0 Å². The van der Waals surface area contributed by atoms with Crippen LogP contribution < -0.4 is 15.2 Å². The first-order valence-electron chi connectivity index (χ1n) is 6.72. The predicted octanol–water partition coefficient (Wildman–Crippen LogP) is 1.84. The molecule has 0 amide bonds. The normalized spacial score (nSPS) is 10.8. The van der Waals surface area contributed by atoms with Gasteiger partial charge >= 0.3 is 0 Å². The van der Waals surface area contributed by atoms with Crippen LogP contribution in [0.4, 0.5) is 0 Å². The van der Waals surface area contributed by atoms with E-state index in [4.69, 9.17) is 15.2 Å². The zero-order valence-electron chi connectivity index (χ0n) is 12.5. The highest BCUT2D eigenvalue weighted by molar-refractivity contribution is 5.46. The summed E-state index contributed by atoms with van der Waals surface area (Å²) in [5.74, 6) is 1.85. The number of ether oxygens (including phenoxy) is 2. The Hall–Kier alpha value is -1.26. The molecule has 19 heavy (non-hydrogen) atoms. The van der Waals surface area contributed by atoms with Gasteiger partial charge < -0.3 is 20.1 Å². The van der Waals surface area contributed by atoms with Crippen LogP contribution in [0.2, 0.25) is 0 Å². The molecule has 4 nitrogen and oxygen atoms in total. The highest BCUT2D eigenvalue weighted by Crippen LogP contribution is 2.28. The van der Waals surface area contributed by atoms with Crippen molar-refractivity contribution in [1.82, 2.24) is 4.90 Å². The van der Waals surface area contributed by atoms with Gasteiger partial charge in [-0.3, -0.25) is 0 Å². The molecule has 4 heteroatoms. The first-order valence-corrected chi connectivity index (χ1v) is 6.72. The lowest BCUT2D eigenvalue weighted by Gasteiger charge is -2.18. The molecule has 2 N–H and O–H groups in total. The molecule has 0 spiro atoms. The molecular formula is C15H26N2O2. The summed E-state index contributed by atoms with van der Waals surface area (Å²) in [5.41, 5.74) is 7.80. The number of aryl methyl sites for hydroxylation is 1. The van der Waals surface area contributed by atoms with Gasteiger partial charge in [-0.15, -0.1) is 0 Å². The molecule has 0 radical (unpaired) electrons. The summed E-state index contributed by atoms with van der Waals surface area (Å²) < 4.78 is 10.8. The summed E-state index contributed by atoms with van der Waals surface area (Å²) in [6, 6.07) is 4.11. The maximum absolute atomic E-state index is 5.52. The number of methoxy groups -OCH3 is 2. The minimum absolute atomic E-state index is 0.742. The molecule has 1 aromatic rings. The van der Waals surface area contributed by atoms with E-state index in [1.165, 1.54) is 5.56 Å². The molecule has 0 atom stereocenters. The highest BCUT2D eigenvalue weighted by atomic mass is 16.5. The Bertz CT molecular complexity index is 394. The van der Waals surface area contributed by atoms with E-state index in [0.717, 1.165) is 49.5 Å². The number of benzene rings is 1. The topological polar surface area (TPSA) is 47.7 Å². The van der Waals surface area contributed by atoms with Gasteiger partial charge in [0.05, 0.1) is 14.2 Å². The van der Waals surface area contributed by atoms with Gasteiger partial charge in [-0.1, -0.05) is 0 Å². The molecule has 0 saturated carbocycles. The summed E-state index contributed by atoms with van der Waals surface area (Å²) in [5, 5.41) is 0. The highest BCUT2D eigenvalue weighted by Gasteiger charge is 2.09. The number of nitrogens with two attached hydrogens (primary N) is 1. The molecule has 0 aliphatic rings. The maximum Gasteiger partial charge on any atom is 0.122 e. The van der Waals surface area contributed by atoms with Crippen molar-refractivity contribution in [2.24, 2.45) is 5.73 Å². The summed E-state index contributed by atoms with van der Waals surface area (Å²) in [6.45, 7) is 4.79. The average molecular weight is 266 g/mol. The number of likely N-dealkylation sites (N-methyl/N-ethyl adjacent to an activating group) is 1. The van der Waals surface area contributed by atoms with Crippen molar-refractivity contribution in [3.63, 3.8) is 0 Å². The van der Waals surface area contributed by atoms with Crippen molar-refractivity contribution in [2.75, 3.05) is 40.9 Å². The van der Waals surface area contributed by atoms with Crippen LogP contribution in [-0.4, -0.2) is 45.8 Å². The largest absolute Gasteiger partial charge is 0.496 e. The van der Waals surface area contributed by atoms with E-state index in [-0.39, 0.29) is 0 Å². The van der Waals surface area contributed by atoms with Crippen LogP contribution in [0, 0.1) is 6.92 Å². The Kier molecular flexibility index (Phi) is 6.67. The van der Waals surface area contributed by atoms with Crippen molar-refractivity contribution < 1.29 is 9.47 Å². The first kappa shape index (κ1) is 15.8. The SMILES string of the molecule is COc1cc(CCN(C)CCCN)c(OC)cc1C. The number of rotatable bonds is 8. The Morgan fingerprint density at radius 2 is 1.79 bits per heavy atom. The molecule has 0 unspecified atom stereocenters. The standard InChI is InChI=1S/C15H26N2O2/c1-12-10-15(19-4)13(11-14(12)18-3)6-9-17(2)8-5-7-16/h10-11H,5-9,16H2,1-4H3. The lowest BCUT2D eigenvalue weighted by Crippen LogP contribution is -2.24. The lowest BCUT2D eigenvalue weighted by molar-refractivity contribution is 0.331. The van der Waals surface area contributed by atoms with E-state index in [2.05, 4.69) is 18.0 Å². The van der Waals surface area contributed by atoms with E-state index >= 15 is 0 Å². The number of nitrogens with zero attached hydrogens (tertiary/aromatic N) is 1. The maximum atomic E-state index is 5.52. The molecule has 1 rings (SSSR count). The predicted molar refractivity (Wildman–Crippen MR) is 79.2 cm³/mol. The van der Waals surface area contributed by atoms with Gasteiger partial charge in [0.2, 0.25) is 0 Å². The van der Waals surface area contributed by atoms with Crippen LogP contribution in [0.1, 0.15) is 17.5 Å². The van der Waals surface area contributed by atoms with Crippen LogP contribution in [0.15, 0.2) is 12.1 Å². The van der Waals surface area contributed by atoms with Crippen LogP contribution in [0.5, 0.6) is 11.5 Å². The second-order valence-corrected chi connectivity index (χ2v) is 4.83. The van der Waals surface area contributed by atoms with Crippen molar-refractivity contribution in [3.8, 4) is 11.5 Å². The molecule has 0 heterocycles. The first-order chi connectivity index (χ1) is 9.12. The Balaban J connectivity index is 2.70. The van der Waals surface area contributed by atoms with Crippen LogP contribution >= 0.6 is 0 Å². The quantitative estimate of drug-likeness (QED) is 0.780. The smallest absolute Gasteiger partial charge is 0.122 e. The molecule has 0 aromatic heterocycles. The average Bonchev–Trinajstić information content (AvgIpc) is 2.43. The third-order valence-corrected chi connectivity index (χ3v) is 3.30. The van der Waals surface area contributed by atoms with Crippen molar-refractivity contribution in [1.29, 1.82) is 0 Å². The second-order valence-electron chi connectivity index (χ2n) is 4.83. The van der Waals surface area contributed by atoms with Gasteiger partial charge in [0.15, 0.2) is 0 Å². The third-order valence-electron chi connectivity index (χ3n) is 3.30. The monoisotopic (exact) mass is 266 g/mol. The Labute approximate surface area is 116 Å². The second kappa shape index (κ2) is 8.02. The van der Waals surface area contributed by atoms with Gasteiger partial charge in [-0.2, -0.15) is 0 Å². The van der Waals surface area contributed by atoms with Gasteiger partial charge in [-0.25, -0.2) is 0 Å². The molecule has 0 aliphatic carbocycles. The fourth-order valence-corrected chi connectivity index (χ4v) is 2.09. The zero-order valence-corrected chi connectivity index (χ0v) is 12.5. The van der Waals surface area contributed by atoms with Crippen LogP contribution in [0.25, 0.3) is 0 Å². The van der Waals surface area contributed by atoms with Crippen molar-refractivity contribution in [3.05, 3.63) is 23.3 Å².